The van der Waals surface area contributed by atoms with Gasteiger partial charge in [-0.3, -0.25) is 9.69 Å². The SMILES string of the molecule is COC1CCC(N(C)C2COCC2C(=O)O)CC1. The average molecular weight is 257 g/mol. The minimum atomic E-state index is -0.741. The summed E-state index contributed by atoms with van der Waals surface area (Å²) in [7, 11) is 3.80. The minimum Gasteiger partial charge on any atom is -0.481 e. The monoisotopic (exact) mass is 257 g/mol. The van der Waals surface area contributed by atoms with E-state index in [1.54, 1.807) is 7.11 Å². The molecule has 1 aliphatic heterocycles. The first kappa shape index (κ1) is 13.8. The summed E-state index contributed by atoms with van der Waals surface area (Å²) in [5, 5.41) is 9.18. The normalized spacial score (nSPS) is 37.1. The maximum Gasteiger partial charge on any atom is 0.310 e. The highest BCUT2D eigenvalue weighted by Gasteiger charge is 2.39. The fraction of sp³-hybridized carbons (Fsp3) is 0.923. The molecule has 5 heteroatoms. The van der Waals surface area contributed by atoms with E-state index >= 15 is 0 Å². The van der Waals surface area contributed by atoms with E-state index in [9.17, 15) is 9.90 Å². The van der Waals surface area contributed by atoms with Crippen molar-refractivity contribution in [1.82, 2.24) is 4.90 Å². The number of ether oxygens (including phenoxy) is 2. The molecule has 0 aromatic rings. The Morgan fingerprint density at radius 3 is 2.50 bits per heavy atom. The zero-order valence-electron chi connectivity index (χ0n) is 11.2. The number of likely N-dealkylation sites (N-methyl/N-ethyl adjacent to an activating group) is 1. The molecule has 0 aromatic heterocycles. The molecular weight excluding hydrogens is 234 g/mol. The number of carboxylic acid groups (broad SMARTS) is 1. The molecule has 2 rings (SSSR count). The molecule has 1 N–H and O–H groups in total. The van der Waals surface area contributed by atoms with Gasteiger partial charge in [-0.25, -0.2) is 0 Å². The van der Waals surface area contributed by atoms with Crippen molar-refractivity contribution in [3.05, 3.63) is 0 Å². The van der Waals surface area contributed by atoms with Gasteiger partial charge in [-0.1, -0.05) is 0 Å². The molecule has 1 heterocycles. The average Bonchev–Trinajstić information content (AvgIpc) is 2.87. The van der Waals surface area contributed by atoms with Crippen molar-refractivity contribution < 1.29 is 19.4 Å². The maximum absolute atomic E-state index is 11.2. The molecule has 1 saturated carbocycles. The van der Waals surface area contributed by atoms with Crippen LogP contribution in [0, 0.1) is 5.92 Å². The van der Waals surface area contributed by atoms with Crippen LogP contribution in [-0.4, -0.2) is 61.5 Å². The number of carbonyl (C=O) groups is 1. The van der Waals surface area contributed by atoms with Crippen molar-refractivity contribution in [1.29, 1.82) is 0 Å². The van der Waals surface area contributed by atoms with Gasteiger partial charge in [-0.05, 0) is 32.7 Å². The van der Waals surface area contributed by atoms with Gasteiger partial charge in [-0.2, -0.15) is 0 Å². The van der Waals surface area contributed by atoms with E-state index < -0.39 is 5.97 Å². The Kier molecular flexibility index (Phi) is 4.59. The lowest BCUT2D eigenvalue weighted by molar-refractivity contribution is -0.143. The summed E-state index contributed by atoms with van der Waals surface area (Å²) in [6.45, 7) is 0.884. The molecule has 2 atom stereocenters. The van der Waals surface area contributed by atoms with Gasteiger partial charge in [0.25, 0.3) is 0 Å². The second kappa shape index (κ2) is 5.99. The molecule has 0 aromatic carbocycles. The number of aliphatic carboxylic acids is 1. The van der Waals surface area contributed by atoms with Crippen LogP contribution < -0.4 is 0 Å². The van der Waals surface area contributed by atoms with Crippen LogP contribution in [0.4, 0.5) is 0 Å². The summed E-state index contributed by atoms with van der Waals surface area (Å²) < 4.78 is 10.7. The first-order valence-corrected chi connectivity index (χ1v) is 6.68. The number of rotatable bonds is 4. The zero-order valence-corrected chi connectivity index (χ0v) is 11.2. The van der Waals surface area contributed by atoms with Crippen molar-refractivity contribution in [3.8, 4) is 0 Å². The van der Waals surface area contributed by atoms with Gasteiger partial charge in [0.1, 0.15) is 0 Å². The minimum absolute atomic E-state index is 0.0200. The second-order valence-corrected chi connectivity index (χ2v) is 5.38. The highest BCUT2D eigenvalue weighted by atomic mass is 16.5. The third-order valence-corrected chi connectivity index (χ3v) is 4.44. The molecular formula is C13H23NO4. The molecule has 0 spiro atoms. The van der Waals surface area contributed by atoms with Crippen molar-refractivity contribution in [2.45, 2.75) is 43.9 Å². The Bertz CT molecular complexity index is 289. The van der Waals surface area contributed by atoms with Crippen LogP contribution in [0.3, 0.4) is 0 Å². The van der Waals surface area contributed by atoms with Gasteiger partial charge in [0.05, 0.1) is 25.2 Å². The fourth-order valence-corrected chi connectivity index (χ4v) is 3.14. The summed E-state index contributed by atoms with van der Waals surface area (Å²) in [6, 6.07) is 0.483. The van der Waals surface area contributed by atoms with Crippen molar-refractivity contribution >= 4 is 5.97 Å². The predicted octanol–water partition coefficient (Wildman–Crippen LogP) is 0.975. The molecule has 0 radical (unpaired) electrons. The molecule has 2 aliphatic rings. The molecule has 0 bridgehead atoms. The number of methoxy groups -OCH3 is 1. The quantitative estimate of drug-likeness (QED) is 0.813. The van der Waals surface area contributed by atoms with Crippen LogP contribution in [0.2, 0.25) is 0 Å². The van der Waals surface area contributed by atoms with E-state index in [0.717, 1.165) is 25.7 Å². The Morgan fingerprint density at radius 1 is 1.28 bits per heavy atom. The van der Waals surface area contributed by atoms with Gasteiger partial charge in [-0.15, -0.1) is 0 Å². The number of carboxylic acids is 1. The van der Waals surface area contributed by atoms with Gasteiger partial charge in [0.15, 0.2) is 0 Å². The Hall–Kier alpha value is -0.650. The van der Waals surface area contributed by atoms with Gasteiger partial charge >= 0.3 is 5.97 Å². The third-order valence-electron chi connectivity index (χ3n) is 4.44. The fourth-order valence-electron chi connectivity index (χ4n) is 3.14. The van der Waals surface area contributed by atoms with E-state index in [1.165, 1.54) is 0 Å². The molecule has 2 fully saturated rings. The molecule has 1 saturated heterocycles. The van der Waals surface area contributed by atoms with E-state index in [0.29, 0.717) is 25.4 Å². The summed E-state index contributed by atoms with van der Waals surface area (Å²) in [6.07, 6.45) is 4.67. The van der Waals surface area contributed by atoms with Crippen LogP contribution in [-0.2, 0) is 14.3 Å². The first-order chi connectivity index (χ1) is 8.63. The summed E-state index contributed by atoms with van der Waals surface area (Å²) in [5.74, 6) is -1.12. The topological polar surface area (TPSA) is 59.0 Å². The molecule has 18 heavy (non-hydrogen) atoms. The first-order valence-electron chi connectivity index (χ1n) is 6.68. The third kappa shape index (κ3) is 2.84. The lowest BCUT2D eigenvalue weighted by atomic mass is 9.90. The molecule has 0 amide bonds. The van der Waals surface area contributed by atoms with Gasteiger partial charge < -0.3 is 14.6 Å². The molecule has 1 aliphatic carbocycles. The lowest BCUT2D eigenvalue weighted by Gasteiger charge is -2.38. The highest BCUT2D eigenvalue weighted by Crippen LogP contribution is 2.28. The number of hydrogen-bond donors (Lipinski definition) is 1. The Morgan fingerprint density at radius 2 is 1.94 bits per heavy atom. The summed E-state index contributed by atoms with van der Waals surface area (Å²) >= 11 is 0. The Balaban J connectivity index is 1.91. The van der Waals surface area contributed by atoms with Crippen molar-refractivity contribution in [2.75, 3.05) is 27.4 Å². The van der Waals surface area contributed by atoms with E-state index in [2.05, 4.69) is 4.90 Å². The highest BCUT2D eigenvalue weighted by molar-refractivity contribution is 5.71. The van der Waals surface area contributed by atoms with Gasteiger partial charge in [0.2, 0.25) is 0 Å². The Labute approximate surface area is 108 Å². The van der Waals surface area contributed by atoms with E-state index in [-0.39, 0.29) is 12.0 Å². The summed E-state index contributed by atoms with van der Waals surface area (Å²) in [5.41, 5.74) is 0. The lowest BCUT2D eigenvalue weighted by Crippen LogP contribution is -2.47. The zero-order chi connectivity index (χ0) is 13.1. The molecule has 2 unspecified atom stereocenters. The van der Waals surface area contributed by atoms with Crippen LogP contribution >= 0.6 is 0 Å². The van der Waals surface area contributed by atoms with E-state index in [1.807, 2.05) is 7.05 Å². The number of hydrogen-bond acceptors (Lipinski definition) is 4. The van der Waals surface area contributed by atoms with Crippen molar-refractivity contribution in [2.24, 2.45) is 5.92 Å². The standard InChI is InChI=1S/C13H23NO4/c1-14(9-3-5-10(17-2)6-4-9)12-8-18-7-11(12)13(15)16/h9-12H,3-8H2,1-2H3,(H,15,16). The van der Waals surface area contributed by atoms with Crippen LogP contribution in [0.15, 0.2) is 0 Å². The summed E-state index contributed by atoms with van der Waals surface area (Å²) in [4.78, 5) is 13.4. The van der Waals surface area contributed by atoms with Crippen LogP contribution in [0.5, 0.6) is 0 Å². The van der Waals surface area contributed by atoms with Gasteiger partial charge in [0, 0.05) is 19.2 Å². The smallest absolute Gasteiger partial charge is 0.310 e. The second-order valence-electron chi connectivity index (χ2n) is 5.38. The number of nitrogens with zero attached hydrogens (tertiary/aromatic N) is 1. The molecule has 5 nitrogen and oxygen atoms in total. The molecule has 104 valence electrons. The van der Waals surface area contributed by atoms with Crippen LogP contribution in [0.25, 0.3) is 0 Å². The predicted molar refractivity (Wildman–Crippen MR) is 66.5 cm³/mol. The maximum atomic E-state index is 11.2. The van der Waals surface area contributed by atoms with Crippen molar-refractivity contribution in [3.63, 3.8) is 0 Å². The van der Waals surface area contributed by atoms with E-state index in [4.69, 9.17) is 9.47 Å². The largest absolute Gasteiger partial charge is 0.481 e. The van der Waals surface area contributed by atoms with Crippen LogP contribution in [0.1, 0.15) is 25.7 Å².